The second-order valence-electron chi connectivity index (χ2n) is 9.03. The summed E-state index contributed by atoms with van der Waals surface area (Å²) in [6, 6.07) is 15.7. The molecule has 2 saturated heterocycles. The number of likely N-dealkylation sites (tertiary alicyclic amines) is 1. The summed E-state index contributed by atoms with van der Waals surface area (Å²) in [4.78, 5) is 30.7. The molecule has 2 aliphatic heterocycles. The van der Waals surface area contributed by atoms with E-state index >= 15 is 0 Å². The first kappa shape index (κ1) is 23.8. The van der Waals surface area contributed by atoms with Crippen molar-refractivity contribution in [1.82, 2.24) is 9.47 Å². The summed E-state index contributed by atoms with van der Waals surface area (Å²) in [5, 5.41) is 1.05. The Bertz CT molecular complexity index is 1300. The van der Waals surface area contributed by atoms with Crippen LogP contribution in [0.3, 0.4) is 0 Å². The average Bonchev–Trinajstić information content (AvgIpc) is 3.20. The van der Waals surface area contributed by atoms with Gasteiger partial charge >= 0.3 is 0 Å². The number of amides is 2. The molecule has 35 heavy (non-hydrogen) atoms. The maximum atomic E-state index is 13.3. The van der Waals surface area contributed by atoms with E-state index in [4.69, 9.17) is 12.2 Å². The fraction of sp³-hybridized carbons (Fsp3) is 0.321. The molecule has 5 nitrogen and oxygen atoms in total. The van der Waals surface area contributed by atoms with Gasteiger partial charge in [0.25, 0.3) is 5.91 Å². The van der Waals surface area contributed by atoms with Gasteiger partial charge in [-0.05, 0) is 43.0 Å². The normalized spacial score (nSPS) is 18.0. The number of aryl methyl sites for hydroxylation is 1. The van der Waals surface area contributed by atoms with Gasteiger partial charge in [0.1, 0.15) is 6.54 Å². The van der Waals surface area contributed by atoms with E-state index < -0.39 is 0 Å². The van der Waals surface area contributed by atoms with E-state index in [0.29, 0.717) is 15.8 Å². The lowest BCUT2D eigenvalue weighted by atomic mass is 10.1. The van der Waals surface area contributed by atoms with E-state index in [1.165, 1.54) is 30.2 Å². The number of para-hydroxylation sites is 2. The number of carbonyl (C=O) groups excluding carboxylic acids is 2. The van der Waals surface area contributed by atoms with Crippen molar-refractivity contribution in [2.24, 2.45) is 0 Å². The lowest BCUT2D eigenvalue weighted by Gasteiger charge is -2.21. The topological polar surface area (TPSA) is 45.6 Å². The molecule has 180 valence electrons. The van der Waals surface area contributed by atoms with Crippen LogP contribution in [0.2, 0.25) is 0 Å². The predicted octanol–water partition coefficient (Wildman–Crippen LogP) is 6.01. The van der Waals surface area contributed by atoms with E-state index in [1.807, 2.05) is 47.5 Å². The zero-order chi connectivity index (χ0) is 24.4. The molecule has 0 atom stereocenters. The third-order valence-electron chi connectivity index (χ3n) is 6.75. The number of hydrogen-bond donors (Lipinski definition) is 0. The van der Waals surface area contributed by atoms with Crippen LogP contribution in [0.5, 0.6) is 0 Å². The molecule has 0 bridgehead atoms. The summed E-state index contributed by atoms with van der Waals surface area (Å²) in [5.74, 6) is 0.0519. The Morgan fingerprint density at radius 3 is 2.49 bits per heavy atom. The number of aromatic nitrogens is 1. The molecular weight excluding hydrogens is 474 g/mol. The Kier molecular flexibility index (Phi) is 7.07. The standard InChI is InChI=1S/C28H29N3O2S2/c1-2-20-11-10-14-23-21(17-24-27(33)31(28(34)35-24)22-12-6-5-7-13-22)18-30(26(20)23)19-25(32)29-15-8-3-4-9-16-29/h5-7,10-14,17-18H,2-4,8-9,15-16,19H2,1H3/b24-17-. The molecule has 5 rings (SSSR count). The minimum absolute atomic E-state index is 0.112. The van der Waals surface area contributed by atoms with Crippen LogP contribution >= 0.6 is 24.0 Å². The maximum Gasteiger partial charge on any atom is 0.270 e. The van der Waals surface area contributed by atoms with Gasteiger partial charge in [-0.25, -0.2) is 0 Å². The molecule has 0 aliphatic carbocycles. The molecular formula is C28H29N3O2S2. The summed E-state index contributed by atoms with van der Waals surface area (Å²) in [5.41, 5.74) is 3.98. The average molecular weight is 504 g/mol. The van der Waals surface area contributed by atoms with Crippen molar-refractivity contribution >= 4 is 62.8 Å². The highest BCUT2D eigenvalue weighted by Crippen LogP contribution is 2.37. The molecule has 0 saturated carbocycles. The number of rotatable bonds is 5. The Labute approximate surface area is 215 Å². The molecule has 2 aliphatic rings. The van der Waals surface area contributed by atoms with Gasteiger partial charge in [-0.2, -0.15) is 0 Å². The van der Waals surface area contributed by atoms with Gasteiger partial charge < -0.3 is 9.47 Å². The van der Waals surface area contributed by atoms with Crippen molar-refractivity contribution in [2.45, 2.75) is 45.6 Å². The fourth-order valence-corrected chi connectivity index (χ4v) is 6.25. The van der Waals surface area contributed by atoms with Gasteiger partial charge in [-0.15, -0.1) is 0 Å². The van der Waals surface area contributed by atoms with Gasteiger partial charge in [-0.3, -0.25) is 14.5 Å². The zero-order valence-electron chi connectivity index (χ0n) is 19.9. The summed E-state index contributed by atoms with van der Waals surface area (Å²) in [7, 11) is 0. The third kappa shape index (κ3) is 4.80. The lowest BCUT2D eigenvalue weighted by Crippen LogP contribution is -2.34. The van der Waals surface area contributed by atoms with Gasteiger partial charge in [0.05, 0.1) is 16.1 Å². The molecule has 3 heterocycles. The van der Waals surface area contributed by atoms with Gasteiger partial charge in [0, 0.05) is 30.2 Å². The van der Waals surface area contributed by atoms with Crippen LogP contribution in [-0.4, -0.2) is 38.7 Å². The second-order valence-corrected chi connectivity index (χ2v) is 10.7. The zero-order valence-corrected chi connectivity index (χ0v) is 21.5. The highest BCUT2D eigenvalue weighted by molar-refractivity contribution is 8.27. The van der Waals surface area contributed by atoms with Crippen molar-refractivity contribution in [3.05, 3.63) is 70.8 Å². The summed E-state index contributed by atoms with van der Waals surface area (Å²) >= 11 is 6.87. The highest BCUT2D eigenvalue weighted by atomic mass is 32.2. The molecule has 2 aromatic carbocycles. The minimum atomic E-state index is -0.112. The number of thioether (sulfide) groups is 1. The molecule has 2 fully saturated rings. The molecule has 0 radical (unpaired) electrons. The number of benzene rings is 2. The van der Waals surface area contributed by atoms with Crippen LogP contribution in [0, 0.1) is 0 Å². The van der Waals surface area contributed by atoms with Crippen molar-refractivity contribution in [3.8, 4) is 0 Å². The van der Waals surface area contributed by atoms with Crippen molar-refractivity contribution < 1.29 is 9.59 Å². The predicted molar refractivity (Wildman–Crippen MR) is 148 cm³/mol. The lowest BCUT2D eigenvalue weighted by molar-refractivity contribution is -0.131. The van der Waals surface area contributed by atoms with Crippen molar-refractivity contribution in [1.29, 1.82) is 0 Å². The third-order valence-corrected chi connectivity index (χ3v) is 8.05. The van der Waals surface area contributed by atoms with Gasteiger partial charge in [0.15, 0.2) is 4.32 Å². The minimum Gasteiger partial charge on any atom is -0.341 e. The molecule has 2 amide bonds. The maximum absolute atomic E-state index is 13.3. The van der Waals surface area contributed by atoms with E-state index in [0.717, 1.165) is 54.5 Å². The smallest absolute Gasteiger partial charge is 0.270 e. The highest BCUT2D eigenvalue weighted by Gasteiger charge is 2.33. The summed E-state index contributed by atoms with van der Waals surface area (Å²) in [6.45, 7) is 4.13. The monoisotopic (exact) mass is 503 g/mol. The number of nitrogens with zero attached hydrogens (tertiary/aromatic N) is 3. The Morgan fingerprint density at radius 1 is 1.03 bits per heavy atom. The van der Waals surface area contributed by atoms with E-state index in [2.05, 4.69) is 29.7 Å². The number of thiocarbonyl (C=S) groups is 1. The molecule has 0 unspecified atom stereocenters. The molecule has 7 heteroatoms. The first-order valence-electron chi connectivity index (χ1n) is 12.3. The molecule has 0 N–H and O–H groups in total. The van der Waals surface area contributed by atoms with Gasteiger partial charge in [-0.1, -0.05) is 80.1 Å². The van der Waals surface area contributed by atoms with Crippen LogP contribution in [0.1, 0.15) is 43.7 Å². The number of carbonyl (C=O) groups is 2. The Hall–Kier alpha value is -2.90. The van der Waals surface area contributed by atoms with Crippen LogP contribution in [0.25, 0.3) is 17.0 Å². The first-order valence-corrected chi connectivity index (χ1v) is 13.5. The van der Waals surface area contributed by atoms with Gasteiger partial charge in [0.2, 0.25) is 5.91 Å². The van der Waals surface area contributed by atoms with Crippen molar-refractivity contribution in [3.63, 3.8) is 0 Å². The fourth-order valence-electron chi connectivity index (χ4n) is 4.96. The first-order chi connectivity index (χ1) is 17.1. The van der Waals surface area contributed by atoms with E-state index in [9.17, 15) is 9.59 Å². The van der Waals surface area contributed by atoms with Crippen LogP contribution < -0.4 is 4.90 Å². The molecule has 1 aromatic heterocycles. The quantitative estimate of drug-likeness (QED) is 0.316. The Balaban J connectivity index is 1.50. The number of fused-ring (bicyclic) bond motifs is 1. The molecule has 0 spiro atoms. The SMILES string of the molecule is CCc1cccc2c(/C=C3\SC(=S)N(c4ccccc4)C3=O)cn(CC(=O)N3CCCCCC3)c12. The van der Waals surface area contributed by atoms with E-state index in [-0.39, 0.29) is 11.8 Å². The second kappa shape index (κ2) is 10.4. The van der Waals surface area contributed by atoms with Crippen LogP contribution in [0.4, 0.5) is 5.69 Å². The summed E-state index contributed by atoms with van der Waals surface area (Å²) in [6.07, 6.45) is 9.36. The van der Waals surface area contributed by atoms with E-state index in [1.54, 1.807) is 4.90 Å². The van der Waals surface area contributed by atoms with Crippen molar-refractivity contribution in [2.75, 3.05) is 18.0 Å². The van der Waals surface area contributed by atoms with Crippen LogP contribution in [0.15, 0.2) is 59.6 Å². The largest absolute Gasteiger partial charge is 0.341 e. The van der Waals surface area contributed by atoms with Crippen LogP contribution in [-0.2, 0) is 22.6 Å². The number of anilines is 1. The number of hydrogen-bond acceptors (Lipinski definition) is 4. The molecule has 3 aromatic rings. The summed E-state index contributed by atoms with van der Waals surface area (Å²) < 4.78 is 2.60. The Morgan fingerprint density at radius 2 is 1.77 bits per heavy atom.